The number of rotatable bonds is 35. The molecule has 1 aliphatic heterocycles. The maximum absolute atomic E-state index is 12.8. The third-order valence-corrected chi connectivity index (χ3v) is 10.3. The van der Waals surface area contributed by atoms with Crippen LogP contribution in [0.1, 0.15) is 155 Å². The lowest BCUT2D eigenvalue weighted by Gasteiger charge is -2.40. The quantitative estimate of drug-likeness (QED) is 0.0207. The van der Waals surface area contributed by atoms with E-state index in [2.05, 4.69) is 74.6 Å². The van der Waals surface area contributed by atoms with Crippen molar-refractivity contribution in [3.63, 3.8) is 0 Å². The van der Waals surface area contributed by atoms with Crippen molar-refractivity contribution in [3.05, 3.63) is 60.8 Å². The zero-order valence-electron chi connectivity index (χ0n) is 35.4. The van der Waals surface area contributed by atoms with E-state index in [1.807, 2.05) is 0 Å². The first-order valence-electron chi connectivity index (χ1n) is 21.8. The number of unbranched alkanes of at least 4 members (excludes halogenated alkanes) is 13. The summed E-state index contributed by atoms with van der Waals surface area (Å²) in [5.74, 6) is -2.08. The second kappa shape index (κ2) is 35.1. The summed E-state index contributed by atoms with van der Waals surface area (Å²) in [5, 5.41) is 30.8. The van der Waals surface area contributed by atoms with E-state index in [4.69, 9.17) is 18.9 Å². The molecule has 0 aromatic rings. The Morgan fingerprint density at radius 1 is 0.586 bits per heavy atom. The molecule has 1 rings (SSSR count). The normalized spacial score (nSPS) is 21.0. The van der Waals surface area contributed by atoms with Gasteiger partial charge in [-0.1, -0.05) is 120 Å². The molecule has 1 heterocycles. The van der Waals surface area contributed by atoms with Crippen LogP contribution < -0.4 is 0 Å². The van der Waals surface area contributed by atoms with Crippen molar-refractivity contribution in [3.8, 4) is 0 Å². The van der Waals surface area contributed by atoms with Crippen LogP contribution >= 0.6 is 0 Å². The Hall–Kier alpha value is -2.65. The summed E-state index contributed by atoms with van der Waals surface area (Å²) in [6.45, 7) is 3.64. The van der Waals surface area contributed by atoms with Gasteiger partial charge in [0.15, 0.2) is 12.4 Å². The van der Waals surface area contributed by atoms with Crippen LogP contribution in [-0.2, 0) is 38.7 Å². The summed E-state index contributed by atoms with van der Waals surface area (Å²) in [6, 6.07) is 0. The van der Waals surface area contributed by atoms with E-state index in [0.29, 0.717) is 12.8 Å². The van der Waals surface area contributed by atoms with Crippen molar-refractivity contribution >= 4 is 22.1 Å². The Labute approximate surface area is 349 Å². The largest absolute Gasteiger partial charge is 0.462 e. The molecule has 0 aromatic heterocycles. The molecule has 0 aromatic carbocycles. The predicted molar refractivity (Wildman–Crippen MR) is 229 cm³/mol. The Morgan fingerprint density at radius 2 is 1.03 bits per heavy atom. The Kier molecular flexibility index (Phi) is 32.3. The molecule has 2 unspecified atom stereocenters. The van der Waals surface area contributed by atoms with Gasteiger partial charge in [-0.15, -0.1) is 0 Å². The number of ether oxygens (including phenoxy) is 4. The molecule has 1 saturated heterocycles. The number of allylic oxidation sites excluding steroid dienone is 10. The van der Waals surface area contributed by atoms with E-state index in [0.717, 1.165) is 57.8 Å². The molecular formula is C45H76O12S. The van der Waals surface area contributed by atoms with Gasteiger partial charge in [0.05, 0.1) is 6.61 Å². The van der Waals surface area contributed by atoms with Crippen molar-refractivity contribution in [2.24, 2.45) is 0 Å². The first-order chi connectivity index (χ1) is 28.0. The Morgan fingerprint density at radius 3 is 1.57 bits per heavy atom. The van der Waals surface area contributed by atoms with Gasteiger partial charge >= 0.3 is 11.9 Å². The summed E-state index contributed by atoms with van der Waals surface area (Å²) in [7, 11) is -4.61. The smallest absolute Gasteiger partial charge is 0.306 e. The van der Waals surface area contributed by atoms with Crippen molar-refractivity contribution < 1.29 is 56.8 Å². The number of aliphatic hydroxyl groups is 3. The van der Waals surface area contributed by atoms with E-state index >= 15 is 0 Å². The molecule has 0 aliphatic carbocycles. The molecule has 6 atom stereocenters. The van der Waals surface area contributed by atoms with Gasteiger partial charge in [-0.25, -0.2) is 0 Å². The number of carbonyl (C=O) groups excluding carboxylic acids is 2. The third kappa shape index (κ3) is 29.5. The molecule has 1 aliphatic rings. The third-order valence-electron chi connectivity index (χ3n) is 9.57. The van der Waals surface area contributed by atoms with Gasteiger partial charge in [-0.2, -0.15) is 8.42 Å². The monoisotopic (exact) mass is 841 g/mol. The topological polar surface area (TPSA) is 186 Å². The highest BCUT2D eigenvalue weighted by Crippen LogP contribution is 2.24. The van der Waals surface area contributed by atoms with Crippen LogP contribution in [0.25, 0.3) is 0 Å². The minimum atomic E-state index is -4.61. The van der Waals surface area contributed by atoms with E-state index in [9.17, 15) is 37.9 Å². The SMILES string of the molecule is CCCCC/C=C/C/C=C/C/C=C/CCCCC(=O)O[C@H](COC(=O)CCCC/C=C/C/C=C/CCCCCCCC)CO[C@H]1O[C@H](CS(=O)(=O)O)[C@@H](O)C(O)C1O. The summed E-state index contributed by atoms with van der Waals surface area (Å²) in [4.78, 5) is 25.3. The summed E-state index contributed by atoms with van der Waals surface area (Å²) in [6.07, 6.45) is 32.7. The molecule has 58 heavy (non-hydrogen) atoms. The zero-order chi connectivity index (χ0) is 42.7. The van der Waals surface area contributed by atoms with Crippen LogP contribution in [-0.4, -0.2) is 96.0 Å². The molecule has 4 N–H and O–H groups in total. The molecule has 12 nitrogen and oxygen atoms in total. The highest BCUT2D eigenvalue weighted by molar-refractivity contribution is 7.85. The van der Waals surface area contributed by atoms with Gasteiger partial charge in [0, 0.05) is 12.8 Å². The van der Waals surface area contributed by atoms with Crippen LogP contribution in [0, 0.1) is 0 Å². The van der Waals surface area contributed by atoms with Gasteiger partial charge in [0.25, 0.3) is 10.1 Å². The zero-order valence-corrected chi connectivity index (χ0v) is 36.2. The molecule has 0 bridgehead atoms. The van der Waals surface area contributed by atoms with Crippen LogP contribution in [0.3, 0.4) is 0 Å². The lowest BCUT2D eigenvalue weighted by atomic mass is 10.00. The van der Waals surface area contributed by atoms with Gasteiger partial charge in [0.2, 0.25) is 0 Å². The van der Waals surface area contributed by atoms with Gasteiger partial charge in [-0.3, -0.25) is 14.1 Å². The Balaban J connectivity index is 2.53. The fraction of sp³-hybridized carbons (Fsp3) is 0.733. The summed E-state index contributed by atoms with van der Waals surface area (Å²) in [5.41, 5.74) is 0. The number of carbonyl (C=O) groups is 2. The summed E-state index contributed by atoms with van der Waals surface area (Å²) < 4.78 is 53.9. The van der Waals surface area contributed by atoms with E-state index in [-0.39, 0.29) is 19.4 Å². The van der Waals surface area contributed by atoms with Crippen LogP contribution in [0.2, 0.25) is 0 Å². The molecule has 0 radical (unpaired) electrons. The van der Waals surface area contributed by atoms with E-state index in [1.165, 1.54) is 57.8 Å². The van der Waals surface area contributed by atoms with Crippen molar-refractivity contribution in [2.45, 2.75) is 192 Å². The molecule has 334 valence electrons. The molecule has 13 heteroatoms. The lowest BCUT2D eigenvalue weighted by molar-refractivity contribution is -0.297. The highest BCUT2D eigenvalue weighted by atomic mass is 32.2. The second-order valence-electron chi connectivity index (χ2n) is 15.0. The average Bonchev–Trinajstić information content (AvgIpc) is 3.18. The molecular weight excluding hydrogens is 765 g/mol. The molecule has 0 amide bonds. The predicted octanol–water partition coefficient (Wildman–Crippen LogP) is 8.56. The lowest BCUT2D eigenvalue weighted by Crippen LogP contribution is -2.60. The number of hydrogen-bond acceptors (Lipinski definition) is 11. The van der Waals surface area contributed by atoms with Crippen LogP contribution in [0.5, 0.6) is 0 Å². The second-order valence-corrected chi connectivity index (χ2v) is 16.5. The van der Waals surface area contributed by atoms with Gasteiger partial charge in [0.1, 0.15) is 36.8 Å². The maximum atomic E-state index is 12.8. The fourth-order valence-electron chi connectivity index (χ4n) is 6.12. The maximum Gasteiger partial charge on any atom is 0.306 e. The highest BCUT2D eigenvalue weighted by Gasteiger charge is 2.46. The molecule has 0 saturated carbocycles. The fourth-order valence-corrected chi connectivity index (χ4v) is 6.81. The molecule has 1 fully saturated rings. The van der Waals surface area contributed by atoms with Crippen molar-refractivity contribution in [2.75, 3.05) is 19.0 Å². The average molecular weight is 841 g/mol. The first-order valence-corrected chi connectivity index (χ1v) is 23.5. The minimum absolute atomic E-state index is 0.106. The van der Waals surface area contributed by atoms with Crippen LogP contribution in [0.15, 0.2) is 60.8 Å². The van der Waals surface area contributed by atoms with Crippen LogP contribution in [0.4, 0.5) is 0 Å². The minimum Gasteiger partial charge on any atom is -0.462 e. The van der Waals surface area contributed by atoms with Gasteiger partial charge in [-0.05, 0) is 83.5 Å². The Bertz CT molecular complexity index is 1310. The number of esters is 2. The summed E-state index contributed by atoms with van der Waals surface area (Å²) >= 11 is 0. The van der Waals surface area contributed by atoms with Crippen molar-refractivity contribution in [1.29, 1.82) is 0 Å². The number of hydrogen-bond donors (Lipinski definition) is 4. The van der Waals surface area contributed by atoms with Gasteiger partial charge < -0.3 is 34.3 Å². The van der Waals surface area contributed by atoms with Crippen molar-refractivity contribution in [1.82, 2.24) is 0 Å². The van der Waals surface area contributed by atoms with E-state index < -0.39 is 71.2 Å². The number of aliphatic hydroxyl groups excluding tert-OH is 3. The first kappa shape index (κ1) is 53.4. The van der Waals surface area contributed by atoms with E-state index in [1.54, 1.807) is 0 Å². The molecule has 0 spiro atoms. The standard InChI is InChI=1S/C45H76O12S/c1-3-5-7-9-11-13-15-17-19-21-23-25-27-29-31-33-40(46)54-35-38(36-55-45-44(50)43(49)42(48)39(57-45)37-58(51,52)53)56-41(47)34-32-30-28-26-24-22-20-18-16-14-12-10-8-6-4-2/h12,14,17-20,23-26,38-39,42-45,48-50H,3-11,13,15-16,21-22,27-37H2,1-2H3,(H,51,52,53)/b14-12+,19-17+,20-18+,25-23+,26-24+/t38-,39-,42-,43?,44?,45+/m1/s1.